The molecule has 0 aromatic heterocycles. The van der Waals surface area contributed by atoms with Crippen LogP contribution in [-0.4, -0.2) is 22.4 Å². The number of aliphatic hydroxyl groups excluding tert-OH is 1. The maximum Gasteiger partial charge on any atom is 0.0606 e. The van der Waals surface area contributed by atoms with Crippen LogP contribution in [0.3, 0.4) is 0 Å². The average Bonchev–Trinajstić information content (AvgIpc) is 2.64. The molecule has 0 radical (unpaired) electrons. The van der Waals surface area contributed by atoms with Crippen LogP contribution < -0.4 is 0 Å². The van der Waals surface area contributed by atoms with Gasteiger partial charge in [0.25, 0.3) is 0 Å². The van der Waals surface area contributed by atoms with E-state index in [1.807, 2.05) is 6.92 Å². The van der Waals surface area contributed by atoms with Crippen molar-refractivity contribution in [1.29, 1.82) is 0 Å². The molecule has 4 aliphatic rings. The maximum absolute atomic E-state index is 10.8. The molecule has 0 aliphatic heterocycles. The van der Waals surface area contributed by atoms with Crippen molar-refractivity contribution < 1.29 is 14.3 Å². The van der Waals surface area contributed by atoms with Gasteiger partial charge in [0.1, 0.15) is 0 Å². The van der Waals surface area contributed by atoms with Crippen LogP contribution >= 0.6 is 0 Å². The molecule has 21 heavy (non-hydrogen) atoms. The molecule has 2 heteroatoms. The van der Waals surface area contributed by atoms with Gasteiger partial charge in [-0.2, -0.15) is 0 Å². The molecule has 4 fully saturated rings. The Morgan fingerprint density at radius 1 is 0.952 bits per heavy atom. The first-order valence-electron chi connectivity index (χ1n) is 10.4. The number of rotatable bonds is 0. The van der Waals surface area contributed by atoms with Crippen LogP contribution in [0.2, 0.25) is 0 Å². The van der Waals surface area contributed by atoms with Crippen LogP contribution in [0.5, 0.6) is 0 Å². The Morgan fingerprint density at radius 2 is 1.67 bits per heavy atom. The van der Waals surface area contributed by atoms with Crippen LogP contribution in [0, 0.1) is 34.5 Å². The molecule has 4 rings (SSSR count). The number of hydrogen-bond donors (Lipinski definition) is 2. The Labute approximate surface area is 133 Å². The first kappa shape index (κ1) is 11.5. The molecule has 0 amide bonds. The van der Waals surface area contributed by atoms with Gasteiger partial charge in [0.05, 0.1) is 13.6 Å². The summed E-state index contributed by atoms with van der Waals surface area (Å²) in [5, 5.41) is 20.8. The average molecular weight is 295 g/mol. The third-order valence-electron chi connectivity index (χ3n) is 8.06. The number of fused-ring (bicyclic) bond motifs is 5. The zero-order chi connectivity index (χ0) is 17.5. The quantitative estimate of drug-likeness (QED) is 0.714. The summed E-state index contributed by atoms with van der Waals surface area (Å²) in [5.41, 5.74) is -0.381. The van der Waals surface area contributed by atoms with E-state index in [9.17, 15) is 10.2 Å². The standard InChI is InChI=1S/C19H32O2/c1-18-9-7-13(20)11-12(18)3-4-14-15-5-6-17(21)19(15,2)10-8-16(14)18/h12-17,20-21H,3-11H2,1-2H3/t12-,13+,14?,15?,16?,17-,18-,19-/m0/s1/i6D2,17D. The lowest BCUT2D eigenvalue weighted by Crippen LogP contribution is -2.54. The van der Waals surface area contributed by atoms with Crippen LogP contribution in [-0.2, 0) is 0 Å². The predicted octanol–water partition coefficient (Wildman–Crippen LogP) is 3.75. The third-order valence-corrected chi connectivity index (χ3v) is 8.06. The van der Waals surface area contributed by atoms with Crippen molar-refractivity contribution >= 4 is 0 Å². The SMILES string of the molecule is [2H]C1([2H])CC2C3CC[C@H]4C[C@H](O)CC[C@]4(C)C3CC[C@]2(C)[C@@]1([2H])O. The van der Waals surface area contributed by atoms with Crippen molar-refractivity contribution in [2.75, 3.05) is 0 Å². The summed E-state index contributed by atoms with van der Waals surface area (Å²) in [6, 6.07) is 0. The van der Waals surface area contributed by atoms with Gasteiger partial charge in [-0.15, -0.1) is 0 Å². The molecule has 0 spiro atoms. The van der Waals surface area contributed by atoms with E-state index in [0.717, 1.165) is 44.9 Å². The van der Waals surface area contributed by atoms with E-state index >= 15 is 0 Å². The minimum atomic E-state index is -1.98. The molecule has 2 N–H and O–H groups in total. The van der Waals surface area contributed by atoms with Gasteiger partial charge >= 0.3 is 0 Å². The lowest BCUT2D eigenvalue weighted by atomic mass is 9.45. The van der Waals surface area contributed by atoms with Crippen LogP contribution in [0.15, 0.2) is 0 Å². The molecule has 0 saturated heterocycles. The Morgan fingerprint density at radius 3 is 2.48 bits per heavy atom. The van der Waals surface area contributed by atoms with E-state index in [1.165, 1.54) is 0 Å². The van der Waals surface area contributed by atoms with Gasteiger partial charge in [-0.25, -0.2) is 0 Å². The molecule has 0 aromatic rings. The molecule has 8 atom stereocenters. The molecule has 0 bridgehead atoms. The smallest absolute Gasteiger partial charge is 0.0606 e. The summed E-state index contributed by atoms with van der Waals surface area (Å²) in [5.74, 6) is 1.68. The Hall–Kier alpha value is -0.0800. The van der Waals surface area contributed by atoms with Gasteiger partial charge in [-0.1, -0.05) is 13.8 Å². The minimum absolute atomic E-state index is 0.110. The monoisotopic (exact) mass is 295 g/mol. The predicted molar refractivity (Wildman–Crippen MR) is 83.7 cm³/mol. The van der Waals surface area contributed by atoms with Crippen molar-refractivity contribution in [2.45, 2.75) is 83.8 Å². The molecule has 0 heterocycles. The lowest BCUT2D eigenvalue weighted by molar-refractivity contribution is -0.133. The van der Waals surface area contributed by atoms with Crippen LogP contribution in [0.4, 0.5) is 0 Å². The highest BCUT2D eigenvalue weighted by Gasteiger charge is 2.59. The highest BCUT2D eigenvalue weighted by atomic mass is 16.3. The van der Waals surface area contributed by atoms with Gasteiger partial charge in [-0.05, 0) is 92.2 Å². The van der Waals surface area contributed by atoms with E-state index < -0.39 is 17.9 Å². The maximum atomic E-state index is 10.8. The first-order chi connectivity index (χ1) is 11.0. The van der Waals surface area contributed by atoms with Crippen LogP contribution in [0.25, 0.3) is 0 Å². The summed E-state index contributed by atoms with van der Waals surface area (Å²) in [7, 11) is 0. The van der Waals surface area contributed by atoms with Crippen molar-refractivity contribution in [3.63, 3.8) is 0 Å². The van der Waals surface area contributed by atoms with E-state index in [-0.39, 0.29) is 17.4 Å². The van der Waals surface area contributed by atoms with E-state index in [1.54, 1.807) is 0 Å². The normalized spacial score (nSPS) is 68.0. The molecule has 4 aliphatic carbocycles. The van der Waals surface area contributed by atoms with Crippen molar-refractivity contribution in [1.82, 2.24) is 0 Å². The van der Waals surface area contributed by atoms with Gasteiger partial charge in [0.15, 0.2) is 0 Å². The Kier molecular flexibility index (Phi) is 2.57. The van der Waals surface area contributed by atoms with E-state index in [0.29, 0.717) is 24.2 Å². The Balaban J connectivity index is 1.67. The molecule has 4 saturated carbocycles. The molecule has 120 valence electrons. The van der Waals surface area contributed by atoms with Crippen molar-refractivity contribution in [3.05, 3.63) is 0 Å². The fourth-order valence-electron chi connectivity index (χ4n) is 6.63. The fourth-order valence-corrected chi connectivity index (χ4v) is 6.63. The molecular weight excluding hydrogens is 260 g/mol. The van der Waals surface area contributed by atoms with Crippen molar-refractivity contribution in [2.24, 2.45) is 34.5 Å². The second-order valence-electron chi connectivity index (χ2n) is 8.77. The molecular formula is C19H32O2. The summed E-state index contributed by atoms with van der Waals surface area (Å²) >= 11 is 0. The Bertz CT molecular complexity index is 537. The topological polar surface area (TPSA) is 40.5 Å². The lowest BCUT2D eigenvalue weighted by Gasteiger charge is -2.60. The summed E-state index contributed by atoms with van der Waals surface area (Å²) in [4.78, 5) is 0. The minimum Gasteiger partial charge on any atom is -0.393 e. The molecule has 3 unspecified atom stereocenters. The van der Waals surface area contributed by atoms with Crippen LogP contribution in [0.1, 0.15) is 75.7 Å². The zero-order valence-corrected chi connectivity index (χ0v) is 13.4. The summed E-state index contributed by atoms with van der Waals surface area (Å²) < 4.78 is 25.0. The van der Waals surface area contributed by atoms with E-state index in [4.69, 9.17) is 4.11 Å². The highest BCUT2D eigenvalue weighted by Crippen LogP contribution is 2.66. The summed E-state index contributed by atoms with van der Waals surface area (Å²) in [6.45, 7) is 4.37. The largest absolute Gasteiger partial charge is 0.393 e. The van der Waals surface area contributed by atoms with E-state index in [2.05, 4.69) is 6.92 Å². The molecule has 0 aromatic carbocycles. The number of hydrogen-bond acceptors (Lipinski definition) is 2. The van der Waals surface area contributed by atoms with Gasteiger partial charge in [-0.3, -0.25) is 0 Å². The van der Waals surface area contributed by atoms with Gasteiger partial charge < -0.3 is 10.2 Å². The second kappa shape index (κ2) is 4.71. The zero-order valence-electron chi connectivity index (χ0n) is 16.4. The summed E-state index contributed by atoms with van der Waals surface area (Å²) in [6.07, 6.45) is 3.21. The van der Waals surface area contributed by atoms with Gasteiger partial charge in [0.2, 0.25) is 0 Å². The third kappa shape index (κ3) is 1.91. The first-order valence-corrected chi connectivity index (χ1v) is 8.93. The molecule has 2 nitrogen and oxygen atoms in total. The van der Waals surface area contributed by atoms with Gasteiger partial charge in [0, 0.05) is 2.74 Å². The van der Waals surface area contributed by atoms with Crippen molar-refractivity contribution in [3.8, 4) is 0 Å². The fraction of sp³-hybridized carbons (Fsp3) is 1.00. The second-order valence-corrected chi connectivity index (χ2v) is 8.77. The number of aliphatic hydroxyl groups is 2. The highest BCUT2D eigenvalue weighted by molar-refractivity contribution is 5.09.